The Morgan fingerprint density at radius 3 is 2.89 bits per heavy atom. The molecule has 2 aromatic heterocycles. The van der Waals surface area contributed by atoms with Crippen LogP contribution in [0.5, 0.6) is 5.75 Å². The van der Waals surface area contributed by atoms with Gasteiger partial charge >= 0.3 is 5.97 Å². The number of pyridine rings is 1. The monoisotopic (exact) mass is 366 g/mol. The second-order valence-corrected chi connectivity index (χ2v) is 7.42. The van der Waals surface area contributed by atoms with E-state index in [1.54, 1.807) is 4.40 Å². The van der Waals surface area contributed by atoms with Crippen molar-refractivity contribution in [1.82, 2.24) is 9.38 Å². The number of rotatable bonds is 5. The van der Waals surface area contributed by atoms with E-state index in [9.17, 15) is 4.79 Å². The molecule has 1 fully saturated rings. The SMILES string of the molecule is Cc1nc2c(OCC3CCCCC3)cccn2c1C(=O)OC1C=CC=CC1. The van der Waals surface area contributed by atoms with Gasteiger partial charge in [0.15, 0.2) is 17.1 Å². The van der Waals surface area contributed by atoms with E-state index in [2.05, 4.69) is 4.98 Å². The van der Waals surface area contributed by atoms with Crippen LogP contribution in [0.15, 0.2) is 42.6 Å². The van der Waals surface area contributed by atoms with Crippen LogP contribution < -0.4 is 4.74 Å². The summed E-state index contributed by atoms with van der Waals surface area (Å²) < 4.78 is 13.5. The summed E-state index contributed by atoms with van der Waals surface area (Å²) in [7, 11) is 0. The van der Waals surface area contributed by atoms with Gasteiger partial charge < -0.3 is 9.47 Å². The summed E-state index contributed by atoms with van der Waals surface area (Å²) in [6.07, 6.45) is 16.5. The van der Waals surface area contributed by atoms with Crippen LogP contribution in [0.1, 0.15) is 54.7 Å². The fourth-order valence-corrected chi connectivity index (χ4v) is 3.91. The number of allylic oxidation sites excluding steroid dienone is 2. The maximum absolute atomic E-state index is 12.7. The number of nitrogens with zero attached hydrogens (tertiary/aromatic N) is 2. The molecule has 2 aromatic rings. The van der Waals surface area contributed by atoms with Crippen LogP contribution in [0.4, 0.5) is 0 Å². The number of imidazole rings is 1. The first kappa shape index (κ1) is 17.8. The van der Waals surface area contributed by atoms with Crippen molar-refractivity contribution in [3.05, 3.63) is 54.0 Å². The molecule has 0 bridgehead atoms. The smallest absolute Gasteiger partial charge is 0.357 e. The summed E-state index contributed by atoms with van der Waals surface area (Å²) in [5, 5.41) is 0. The number of aryl methyl sites for hydroxylation is 1. The topological polar surface area (TPSA) is 52.8 Å². The molecule has 2 aliphatic carbocycles. The minimum atomic E-state index is -0.352. The molecule has 1 saturated carbocycles. The predicted octanol–water partition coefficient (Wildman–Crippen LogP) is 4.64. The lowest BCUT2D eigenvalue weighted by molar-refractivity contribution is 0.0389. The number of carbonyl (C=O) groups excluding carboxylic acids is 1. The quantitative estimate of drug-likeness (QED) is 0.723. The van der Waals surface area contributed by atoms with Gasteiger partial charge in [-0.3, -0.25) is 4.40 Å². The Bertz CT molecular complexity index is 875. The van der Waals surface area contributed by atoms with Gasteiger partial charge in [-0.1, -0.05) is 37.5 Å². The molecular formula is C22H26N2O3. The van der Waals surface area contributed by atoms with Crippen molar-refractivity contribution in [1.29, 1.82) is 0 Å². The molecule has 0 aliphatic heterocycles. The van der Waals surface area contributed by atoms with Crippen LogP contribution in [0.3, 0.4) is 0 Å². The lowest BCUT2D eigenvalue weighted by Gasteiger charge is -2.21. The van der Waals surface area contributed by atoms with Crippen molar-refractivity contribution < 1.29 is 14.3 Å². The zero-order chi connectivity index (χ0) is 18.6. The van der Waals surface area contributed by atoms with Crippen molar-refractivity contribution in [3.63, 3.8) is 0 Å². The average molecular weight is 366 g/mol. The van der Waals surface area contributed by atoms with Crippen LogP contribution in [-0.4, -0.2) is 28.1 Å². The Labute approximate surface area is 159 Å². The molecule has 142 valence electrons. The van der Waals surface area contributed by atoms with E-state index in [4.69, 9.17) is 9.47 Å². The Hall–Kier alpha value is -2.56. The van der Waals surface area contributed by atoms with Crippen LogP contribution in [0.25, 0.3) is 5.65 Å². The van der Waals surface area contributed by atoms with Gasteiger partial charge in [-0.2, -0.15) is 0 Å². The van der Waals surface area contributed by atoms with Gasteiger partial charge in [0.25, 0.3) is 0 Å². The fraction of sp³-hybridized carbons (Fsp3) is 0.455. The van der Waals surface area contributed by atoms with Gasteiger partial charge in [-0.05, 0) is 43.9 Å². The Kier molecular flexibility index (Phi) is 5.28. The molecule has 2 heterocycles. The highest BCUT2D eigenvalue weighted by Gasteiger charge is 2.23. The molecule has 0 radical (unpaired) electrons. The largest absolute Gasteiger partial charge is 0.489 e. The molecule has 4 rings (SSSR count). The van der Waals surface area contributed by atoms with Gasteiger partial charge in [0.05, 0.1) is 12.3 Å². The molecule has 1 unspecified atom stereocenters. The van der Waals surface area contributed by atoms with Gasteiger partial charge in [0.2, 0.25) is 0 Å². The van der Waals surface area contributed by atoms with E-state index >= 15 is 0 Å². The van der Waals surface area contributed by atoms with Crippen molar-refractivity contribution >= 4 is 11.6 Å². The van der Waals surface area contributed by atoms with Crippen LogP contribution in [0, 0.1) is 12.8 Å². The fourth-order valence-electron chi connectivity index (χ4n) is 3.91. The summed E-state index contributed by atoms with van der Waals surface area (Å²) in [4.78, 5) is 17.3. The Morgan fingerprint density at radius 2 is 2.11 bits per heavy atom. The molecule has 1 atom stereocenters. The van der Waals surface area contributed by atoms with E-state index in [1.165, 1.54) is 32.1 Å². The van der Waals surface area contributed by atoms with Crippen LogP contribution in [0.2, 0.25) is 0 Å². The number of fused-ring (bicyclic) bond motifs is 1. The maximum atomic E-state index is 12.7. The normalized spacial score (nSPS) is 20.1. The Balaban J connectivity index is 1.53. The second-order valence-electron chi connectivity index (χ2n) is 7.42. The summed E-state index contributed by atoms with van der Waals surface area (Å²) >= 11 is 0. The number of ether oxygens (including phenoxy) is 2. The first-order valence-corrected chi connectivity index (χ1v) is 9.87. The number of esters is 1. The van der Waals surface area contributed by atoms with Gasteiger partial charge in [0, 0.05) is 12.6 Å². The van der Waals surface area contributed by atoms with E-state index in [0.717, 1.165) is 5.75 Å². The molecular weight excluding hydrogens is 340 g/mol. The van der Waals surface area contributed by atoms with E-state index in [-0.39, 0.29) is 12.1 Å². The number of hydrogen-bond acceptors (Lipinski definition) is 4. The molecule has 5 heteroatoms. The first-order valence-electron chi connectivity index (χ1n) is 9.87. The average Bonchev–Trinajstić information content (AvgIpc) is 3.04. The highest BCUT2D eigenvalue weighted by Crippen LogP contribution is 2.27. The lowest BCUT2D eigenvalue weighted by Crippen LogP contribution is -2.18. The molecule has 0 amide bonds. The zero-order valence-corrected chi connectivity index (χ0v) is 15.8. The number of carbonyl (C=O) groups is 1. The summed E-state index contributed by atoms with van der Waals surface area (Å²) in [6, 6.07) is 3.82. The number of aromatic nitrogens is 2. The minimum Gasteiger partial charge on any atom is -0.489 e. The van der Waals surface area contributed by atoms with Crippen LogP contribution in [-0.2, 0) is 4.74 Å². The highest BCUT2D eigenvalue weighted by atomic mass is 16.5. The Morgan fingerprint density at radius 1 is 1.26 bits per heavy atom. The molecule has 27 heavy (non-hydrogen) atoms. The van der Waals surface area contributed by atoms with Gasteiger partial charge in [0.1, 0.15) is 6.10 Å². The highest BCUT2D eigenvalue weighted by molar-refractivity contribution is 5.90. The molecule has 0 N–H and O–H groups in total. The van der Waals surface area contributed by atoms with Crippen molar-refractivity contribution in [2.75, 3.05) is 6.61 Å². The van der Waals surface area contributed by atoms with Crippen LogP contribution >= 0.6 is 0 Å². The first-order chi connectivity index (χ1) is 13.2. The molecule has 0 saturated heterocycles. The van der Waals surface area contributed by atoms with Gasteiger partial charge in [-0.15, -0.1) is 0 Å². The van der Waals surface area contributed by atoms with E-state index < -0.39 is 0 Å². The summed E-state index contributed by atoms with van der Waals surface area (Å²) in [5.41, 5.74) is 1.80. The van der Waals surface area contributed by atoms with Crippen molar-refractivity contribution in [2.45, 2.75) is 51.6 Å². The maximum Gasteiger partial charge on any atom is 0.357 e. The van der Waals surface area contributed by atoms with Crippen molar-refractivity contribution in [2.24, 2.45) is 5.92 Å². The number of hydrogen-bond donors (Lipinski definition) is 0. The standard InChI is InChI=1S/C22H26N2O3/c1-16-20(22(25)27-18-11-6-3-7-12-18)24-14-8-13-19(21(24)23-16)26-15-17-9-4-2-5-10-17/h3,6-8,11,13-14,17-18H,2,4-5,9-10,12,15H2,1H3. The lowest BCUT2D eigenvalue weighted by atomic mass is 9.90. The molecule has 2 aliphatic rings. The molecule has 0 aromatic carbocycles. The summed E-state index contributed by atoms with van der Waals surface area (Å²) in [6.45, 7) is 2.55. The third-order valence-electron chi connectivity index (χ3n) is 5.38. The predicted molar refractivity (Wildman–Crippen MR) is 104 cm³/mol. The summed E-state index contributed by atoms with van der Waals surface area (Å²) in [5.74, 6) is 0.991. The van der Waals surface area contributed by atoms with Gasteiger partial charge in [-0.25, -0.2) is 9.78 Å². The van der Waals surface area contributed by atoms with Crippen molar-refractivity contribution in [3.8, 4) is 5.75 Å². The molecule has 5 nitrogen and oxygen atoms in total. The minimum absolute atomic E-state index is 0.224. The second kappa shape index (κ2) is 7.99. The third kappa shape index (κ3) is 3.92. The van der Waals surface area contributed by atoms with E-state index in [1.807, 2.05) is 49.6 Å². The zero-order valence-electron chi connectivity index (χ0n) is 15.8. The molecule has 0 spiro atoms. The van der Waals surface area contributed by atoms with E-state index in [0.29, 0.717) is 36.0 Å². The third-order valence-corrected chi connectivity index (χ3v) is 5.38.